The van der Waals surface area contributed by atoms with Crippen molar-refractivity contribution in [2.45, 2.75) is 6.54 Å². The molecule has 0 radical (unpaired) electrons. The maximum absolute atomic E-state index is 5.09. The van der Waals surface area contributed by atoms with Crippen LogP contribution in [0.3, 0.4) is 0 Å². The maximum Gasteiger partial charge on any atom is 0.165 e. The fourth-order valence-electron chi connectivity index (χ4n) is 7.24. The van der Waals surface area contributed by atoms with Gasteiger partial charge in [0, 0.05) is 65.2 Å². The predicted molar refractivity (Wildman–Crippen MR) is 213 cm³/mol. The molecule has 7 aromatic carbocycles. The molecule has 0 atom stereocenters. The van der Waals surface area contributed by atoms with Gasteiger partial charge in [-0.3, -0.25) is 0 Å². The van der Waals surface area contributed by atoms with E-state index in [-0.39, 0.29) is 0 Å². The predicted octanol–water partition coefficient (Wildman–Crippen LogP) is 12.1. The summed E-state index contributed by atoms with van der Waals surface area (Å²) < 4.78 is 4.86. The Hall–Kier alpha value is -6.43. The van der Waals surface area contributed by atoms with Crippen LogP contribution < -0.4 is 0 Å². The molecule has 0 saturated heterocycles. The first-order chi connectivity index (χ1) is 25.3. The fraction of sp³-hybridized carbons (Fsp3) is 0.0217. The summed E-state index contributed by atoms with van der Waals surface area (Å²) >= 11 is 1.79. The number of rotatable bonds is 6. The Bertz CT molecular complexity index is 2820. The summed E-state index contributed by atoms with van der Waals surface area (Å²) in [5, 5.41) is 5.07. The number of nitrogens with zero attached hydrogens (tertiary/aromatic N) is 4. The van der Waals surface area contributed by atoms with Crippen LogP contribution in [0.25, 0.3) is 87.3 Å². The monoisotopic (exact) mass is 670 g/mol. The molecule has 0 spiro atoms. The molecule has 240 valence electrons. The van der Waals surface area contributed by atoms with E-state index in [2.05, 4.69) is 156 Å². The largest absolute Gasteiger partial charge is 0.336 e. The lowest BCUT2D eigenvalue weighted by Crippen LogP contribution is -2.00. The van der Waals surface area contributed by atoms with Gasteiger partial charge in [0.25, 0.3) is 0 Å². The Morgan fingerprint density at radius 2 is 0.902 bits per heavy atom. The van der Waals surface area contributed by atoms with Gasteiger partial charge < -0.3 is 4.57 Å². The highest BCUT2D eigenvalue weighted by molar-refractivity contribution is 7.26. The first-order valence-corrected chi connectivity index (χ1v) is 18.0. The van der Waals surface area contributed by atoms with E-state index in [1.807, 2.05) is 18.2 Å². The lowest BCUT2D eigenvalue weighted by Gasteiger charge is -2.10. The number of thiophene rings is 1. The molecule has 0 aliphatic carbocycles. The zero-order chi connectivity index (χ0) is 33.7. The third-order valence-corrected chi connectivity index (χ3v) is 11.0. The van der Waals surface area contributed by atoms with Gasteiger partial charge in [-0.15, -0.1) is 11.3 Å². The number of fused-ring (bicyclic) bond motifs is 6. The Labute approximate surface area is 299 Å². The molecule has 0 aliphatic heterocycles. The van der Waals surface area contributed by atoms with Gasteiger partial charge in [-0.1, -0.05) is 146 Å². The Kier molecular flexibility index (Phi) is 7.03. The van der Waals surface area contributed by atoms with E-state index in [4.69, 9.17) is 15.0 Å². The Balaban J connectivity index is 0.993. The van der Waals surface area contributed by atoms with Crippen LogP contribution >= 0.6 is 11.3 Å². The normalized spacial score (nSPS) is 11.6. The molecular formula is C46H30N4S. The smallest absolute Gasteiger partial charge is 0.165 e. The van der Waals surface area contributed by atoms with Crippen molar-refractivity contribution in [1.82, 2.24) is 19.5 Å². The molecule has 0 saturated carbocycles. The van der Waals surface area contributed by atoms with Crippen LogP contribution in [0.5, 0.6) is 0 Å². The van der Waals surface area contributed by atoms with Crippen molar-refractivity contribution in [2.75, 3.05) is 0 Å². The highest BCUT2D eigenvalue weighted by Gasteiger charge is 2.17. The minimum atomic E-state index is 0.657. The summed E-state index contributed by atoms with van der Waals surface area (Å²) in [5.41, 5.74) is 9.04. The summed E-state index contributed by atoms with van der Waals surface area (Å²) in [5.74, 6) is 2.00. The van der Waals surface area contributed by atoms with Crippen molar-refractivity contribution in [1.29, 1.82) is 0 Å². The topological polar surface area (TPSA) is 43.6 Å². The molecular weight excluding hydrogens is 641 g/mol. The van der Waals surface area contributed by atoms with Gasteiger partial charge in [0.05, 0.1) is 0 Å². The van der Waals surface area contributed by atoms with Crippen molar-refractivity contribution >= 4 is 53.3 Å². The first kappa shape index (κ1) is 29.5. The van der Waals surface area contributed by atoms with Crippen molar-refractivity contribution in [3.63, 3.8) is 0 Å². The van der Waals surface area contributed by atoms with Crippen molar-refractivity contribution in [3.8, 4) is 45.3 Å². The third kappa shape index (κ3) is 5.18. The average Bonchev–Trinajstić information content (AvgIpc) is 3.74. The third-order valence-electron chi connectivity index (χ3n) is 9.76. The quantitative estimate of drug-likeness (QED) is 0.177. The van der Waals surface area contributed by atoms with Crippen LogP contribution in [0.4, 0.5) is 0 Å². The molecule has 5 heteroatoms. The van der Waals surface area contributed by atoms with E-state index in [9.17, 15) is 0 Å². The lowest BCUT2D eigenvalue weighted by molar-refractivity contribution is 0.869. The molecule has 10 aromatic rings. The van der Waals surface area contributed by atoms with Gasteiger partial charge in [-0.05, 0) is 41.0 Å². The second-order valence-electron chi connectivity index (χ2n) is 12.8. The van der Waals surface area contributed by atoms with E-state index in [1.165, 1.54) is 53.1 Å². The molecule has 0 fully saturated rings. The fourth-order valence-corrected chi connectivity index (χ4v) is 8.45. The van der Waals surface area contributed by atoms with Gasteiger partial charge in [0.15, 0.2) is 17.5 Å². The Morgan fingerprint density at radius 1 is 0.392 bits per heavy atom. The highest BCUT2D eigenvalue weighted by Crippen LogP contribution is 2.39. The van der Waals surface area contributed by atoms with E-state index < -0.39 is 0 Å². The van der Waals surface area contributed by atoms with Crippen LogP contribution in [-0.2, 0) is 6.54 Å². The summed E-state index contributed by atoms with van der Waals surface area (Å²) in [4.78, 5) is 15.1. The van der Waals surface area contributed by atoms with Crippen LogP contribution in [0.15, 0.2) is 170 Å². The van der Waals surface area contributed by atoms with Crippen molar-refractivity contribution in [3.05, 3.63) is 175 Å². The second-order valence-corrected chi connectivity index (χ2v) is 13.9. The number of benzene rings is 7. The summed E-state index contributed by atoms with van der Waals surface area (Å²) in [6, 6.07) is 60.0. The van der Waals surface area contributed by atoms with Crippen molar-refractivity contribution in [2.24, 2.45) is 0 Å². The molecule has 3 heterocycles. The Morgan fingerprint density at radius 3 is 1.59 bits per heavy atom. The van der Waals surface area contributed by atoms with Crippen LogP contribution in [0.2, 0.25) is 0 Å². The molecule has 0 unspecified atom stereocenters. The van der Waals surface area contributed by atoms with Gasteiger partial charge >= 0.3 is 0 Å². The van der Waals surface area contributed by atoms with E-state index in [0.29, 0.717) is 17.5 Å². The molecule has 0 N–H and O–H groups in total. The molecule has 0 amide bonds. The maximum atomic E-state index is 5.09. The zero-order valence-corrected chi connectivity index (χ0v) is 28.4. The minimum absolute atomic E-state index is 0.657. The van der Waals surface area contributed by atoms with Crippen LogP contribution in [0.1, 0.15) is 5.56 Å². The van der Waals surface area contributed by atoms with E-state index >= 15 is 0 Å². The number of hydrogen-bond acceptors (Lipinski definition) is 4. The number of para-hydroxylation sites is 2. The highest BCUT2D eigenvalue weighted by atomic mass is 32.1. The lowest BCUT2D eigenvalue weighted by atomic mass is 10.0. The standard InChI is InChI=1S/C46H30N4S/c1-2-11-33(12-3-1)44-47-45(49-46(48-44)39-17-10-16-38-37-15-6-9-20-42(37)51-43(38)39)34-27-25-32(26-28-34)31-23-21-30(22-24-31)29-50-40-18-7-4-13-35(40)36-14-5-8-19-41(36)50/h1-28H,29H2. The summed E-state index contributed by atoms with van der Waals surface area (Å²) in [7, 11) is 0. The summed E-state index contributed by atoms with van der Waals surface area (Å²) in [6.07, 6.45) is 0. The molecule has 0 aliphatic rings. The van der Waals surface area contributed by atoms with Gasteiger partial charge in [0.1, 0.15) is 0 Å². The second kappa shape index (κ2) is 12.2. The molecule has 0 bridgehead atoms. The van der Waals surface area contributed by atoms with Gasteiger partial charge in [0.2, 0.25) is 0 Å². The van der Waals surface area contributed by atoms with Crippen LogP contribution in [-0.4, -0.2) is 19.5 Å². The van der Waals surface area contributed by atoms with E-state index in [1.54, 1.807) is 11.3 Å². The van der Waals surface area contributed by atoms with Gasteiger partial charge in [-0.2, -0.15) is 0 Å². The zero-order valence-electron chi connectivity index (χ0n) is 27.6. The first-order valence-electron chi connectivity index (χ1n) is 17.1. The van der Waals surface area contributed by atoms with Crippen LogP contribution in [0, 0.1) is 0 Å². The van der Waals surface area contributed by atoms with Gasteiger partial charge in [-0.25, -0.2) is 15.0 Å². The minimum Gasteiger partial charge on any atom is -0.336 e. The summed E-state index contributed by atoms with van der Waals surface area (Å²) in [6.45, 7) is 0.813. The molecule has 3 aromatic heterocycles. The number of hydrogen-bond donors (Lipinski definition) is 0. The van der Waals surface area contributed by atoms with E-state index in [0.717, 1.165) is 28.8 Å². The SMILES string of the molecule is c1ccc(-c2nc(-c3ccc(-c4ccc(Cn5c6ccccc6c6ccccc65)cc4)cc3)nc(-c3cccc4c3sc3ccccc34)n2)cc1. The van der Waals surface area contributed by atoms with Crippen molar-refractivity contribution < 1.29 is 0 Å². The number of aromatic nitrogens is 4. The molecule has 4 nitrogen and oxygen atoms in total. The average molecular weight is 671 g/mol. The molecule has 10 rings (SSSR count). The molecule has 51 heavy (non-hydrogen) atoms.